The van der Waals surface area contributed by atoms with E-state index in [2.05, 4.69) is 6.92 Å². The van der Waals surface area contributed by atoms with Crippen molar-refractivity contribution in [2.24, 2.45) is 5.73 Å². The lowest BCUT2D eigenvalue weighted by molar-refractivity contribution is -0.139. The number of rotatable bonds is 9. The first kappa shape index (κ1) is 20.9. The maximum atomic E-state index is 10.4. The first-order chi connectivity index (χ1) is 10.9. The van der Waals surface area contributed by atoms with Crippen molar-refractivity contribution in [1.82, 2.24) is 0 Å². The lowest BCUT2D eigenvalue weighted by Crippen LogP contribution is -2.32. The average molecular weight is 325 g/mol. The van der Waals surface area contributed by atoms with E-state index in [1.165, 1.54) is 31.4 Å². The number of aliphatic carboxylic acids is 2. The number of benzene rings is 1. The molecule has 0 saturated carbocycles. The molecule has 23 heavy (non-hydrogen) atoms. The van der Waals surface area contributed by atoms with Crippen molar-refractivity contribution in [2.75, 3.05) is 0 Å². The van der Waals surface area contributed by atoms with Crippen molar-refractivity contribution < 1.29 is 24.9 Å². The molecule has 1 aromatic rings. The molecule has 6 nitrogen and oxygen atoms in total. The van der Waals surface area contributed by atoms with Crippen LogP contribution in [0.25, 0.3) is 0 Å². The van der Waals surface area contributed by atoms with E-state index in [0.717, 1.165) is 18.4 Å². The highest BCUT2D eigenvalue weighted by Crippen LogP contribution is 2.10. The van der Waals surface area contributed by atoms with Crippen LogP contribution >= 0.6 is 0 Å². The fourth-order valence-electron chi connectivity index (χ4n) is 1.85. The van der Waals surface area contributed by atoms with Crippen molar-refractivity contribution in [2.45, 2.75) is 57.9 Å². The summed E-state index contributed by atoms with van der Waals surface area (Å²) in [7, 11) is 0. The number of carbonyl (C=O) groups is 2. The Kier molecular flexibility index (Phi) is 11.3. The third-order valence-corrected chi connectivity index (χ3v) is 3.20. The van der Waals surface area contributed by atoms with Crippen molar-refractivity contribution in [3.05, 3.63) is 29.8 Å². The Morgan fingerprint density at radius 2 is 1.61 bits per heavy atom. The van der Waals surface area contributed by atoms with Gasteiger partial charge in [-0.15, -0.1) is 0 Å². The van der Waals surface area contributed by atoms with Gasteiger partial charge in [0.15, 0.2) is 0 Å². The van der Waals surface area contributed by atoms with E-state index in [0.29, 0.717) is 6.42 Å². The minimum absolute atomic E-state index is 0.160. The van der Waals surface area contributed by atoms with Gasteiger partial charge in [-0.1, -0.05) is 44.7 Å². The maximum Gasteiger partial charge on any atom is 0.320 e. The van der Waals surface area contributed by atoms with Gasteiger partial charge in [0.2, 0.25) is 0 Å². The van der Waals surface area contributed by atoms with E-state index in [4.69, 9.17) is 21.1 Å². The van der Waals surface area contributed by atoms with Gasteiger partial charge in [-0.25, -0.2) is 0 Å². The molecule has 1 unspecified atom stereocenters. The van der Waals surface area contributed by atoms with Gasteiger partial charge in [-0.05, 0) is 30.5 Å². The van der Waals surface area contributed by atoms with E-state index < -0.39 is 18.0 Å². The number of unbranched alkanes of at least 4 members (excludes halogenated alkanes) is 4. The molecule has 0 saturated heterocycles. The lowest BCUT2D eigenvalue weighted by Gasteiger charge is -2.05. The van der Waals surface area contributed by atoms with E-state index in [-0.39, 0.29) is 12.2 Å². The predicted octanol–water partition coefficient (Wildman–Crippen LogP) is 2.78. The third-order valence-electron chi connectivity index (χ3n) is 3.20. The number of carboxylic acid groups (broad SMARTS) is 2. The highest BCUT2D eigenvalue weighted by atomic mass is 16.4. The molecule has 1 atom stereocenters. The minimum Gasteiger partial charge on any atom is -0.508 e. The molecule has 1 rings (SSSR count). The number of phenolic OH excluding ortho intramolecular Hbond substituents is 1. The zero-order valence-corrected chi connectivity index (χ0v) is 13.6. The number of phenols is 1. The first-order valence-corrected chi connectivity index (χ1v) is 7.84. The van der Waals surface area contributed by atoms with Crippen molar-refractivity contribution in [1.29, 1.82) is 0 Å². The summed E-state index contributed by atoms with van der Waals surface area (Å²) >= 11 is 0. The number of aromatic hydroxyl groups is 1. The molecule has 0 bridgehead atoms. The van der Waals surface area contributed by atoms with Crippen LogP contribution in [0.2, 0.25) is 0 Å². The van der Waals surface area contributed by atoms with Crippen LogP contribution in [0.5, 0.6) is 5.75 Å². The Morgan fingerprint density at radius 3 is 2.09 bits per heavy atom. The van der Waals surface area contributed by atoms with E-state index >= 15 is 0 Å². The third kappa shape index (κ3) is 12.2. The molecule has 6 heteroatoms. The summed E-state index contributed by atoms with van der Waals surface area (Å²) in [6.07, 6.45) is 6.16. The van der Waals surface area contributed by atoms with Crippen LogP contribution in [0.1, 0.15) is 51.0 Å². The molecular formula is C17H27NO5. The van der Waals surface area contributed by atoms with Crippen LogP contribution in [0.4, 0.5) is 0 Å². The molecule has 0 amide bonds. The van der Waals surface area contributed by atoms with Crippen molar-refractivity contribution in [3.63, 3.8) is 0 Å². The Balaban J connectivity index is 0.000000438. The highest BCUT2D eigenvalue weighted by molar-refractivity contribution is 5.73. The summed E-state index contributed by atoms with van der Waals surface area (Å²) in [5, 5.41) is 25.7. The van der Waals surface area contributed by atoms with Gasteiger partial charge in [-0.2, -0.15) is 0 Å². The second kappa shape index (κ2) is 12.5. The molecule has 0 radical (unpaired) electrons. The minimum atomic E-state index is -1.02. The van der Waals surface area contributed by atoms with Crippen LogP contribution in [0.3, 0.4) is 0 Å². The fourth-order valence-corrected chi connectivity index (χ4v) is 1.85. The summed E-state index contributed by atoms with van der Waals surface area (Å²) < 4.78 is 0. The second-order valence-corrected chi connectivity index (χ2v) is 5.37. The summed E-state index contributed by atoms with van der Waals surface area (Å²) in [4.78, 5) is 20.4. The monoisotopic (exact) mass is 325 g/mol. The standard InChI is InChI=1S/C9H11NO3.C8H16O2/c10-8(9(12)13)5-6-1-3-7(11)4-2-6;1-2-3-4-5-6-7-8(9)10/h1-4,8,11H,5,10H2,(H,12,13);2-7H2,1H3,(H,9,10). The molecule has 0 aromatic heterocycles. The van der Waals surface area contributed by atoms with Crippen LogP contribution in [-0.2, 0) is 16.0 Å². The molecule has 0 spiro atoms. The Hall–Kier alpha value is -2.08. The zero-order valence-electron chi connectivity index (χ0n) is 13.6. The second-order valence-electron chi connectivity index (χ2n) is 5.37. The number of hydrogen-bond acceptors (Lipinski definition) is 4. The van der Waals surface area contributed by atoms with Crippen LogP contribution in [0, 0.1) is 0 Å². The topological polar surface area (TPSA) is 121 Å². The molecule has 5 N–H and O–H groups in total. The van der Waals surface area contributed by atoms with Gasteiger partial charge in [0.05, 0.1) is 0 Å². The number of nitrogens with two attached hydrogens (primary N) is 1. The van der Waals surface area contributed by atoms with Crippen LogP contribution < -0.4 is 5.73 Å². The quantitative estimate of drug-likeness (QED) is 0.518. The fraction of sp³-hybridized carbons (Fsp3) is 0.529. The van der Waals surface area contributed by atoms with E-state index in [1.807, 2.05) is 0 Å². The number of carboxylic acids is 2. The molecule has 1 aromatic carbocycles. The lowest BCUT2D eigenvalue weighted by atomic mass is 10.1. The maximum absolute atomic E-state index is 10.4. The van der Waals surface area contributed by atoms with Gasteiger partial charge in [-0.3, -0.25) is 9.59 Å². The van der Waals surface area contributed by atoms with Gasteiger partial charge in [0.25, 0.3) is 0 Å². The van der Waals surface area contributed by atoms with Gasteiger partial charge < -0.3 is 21.1 Å². The Morgan fingerprint density at radius 1 is 1.04 bits per heavy atom. The molecule has 0 aliphatic rings. The molecular weight excluding hydrogens is 298 g/mol. The highest BCUT2D eigenvalue weighted by Gasteiger charge is 2.11. The largest absolute Gasteiger partial charge is 0.508 e. The summed E-state index contributed by atoms with van der Waals surface area (Å²) in [6, 6.07) is 5.42. The normalized spacial score (nSPS) is 11.2. The van der Waals surface area contributed by atoms with E-state index in [1.54, 1.807) is 12.1 Å². The SMILES string of the molecule is CCCCCCCC(=O)O.NC(Cc1ccc(O)cc1)C(=O)O. The summed E-state index contributed by atoms with van der Waals surface area (Å²) in [6.45, 7) is 2.15. The molecule has 0 aliphatic heterocycles. The summed E-state index contributed by atoms with van der Waals surface area (Å²) in [5.41, 5.74) is 6.12. The van der Waals surface area contributed by atoms with Crippen LogP contribution in [-0.4, -0.2) is 33.3 Å². The Labute approximate surface area is 136 Å². The Bertz CT molecular complexity index is 459. The molecule has 0 aliphatic carbocycles. The first-order valence-electron chi connectivity index (χ1n) is 7.84. The van der Waals surface area contributed by atoms with Crippen molar-refractivity contribution in [3.8, 4) is 5.75 Å². The molecule has 0 fully saturated rings. The summed E-state index contributed by atoms with van der Waals surface area (Å²) in [5.74, 6) is -1.53. The van der Waals surface area contributed by atoms with Gasteiger partial charge in [0, 0.05) is 6.42 Å². The van der Waals surface area contributed by atoms with Gasteiger partial charge in [0.1, 0.15) is 11.8 Å². The average Bonchev–Trinajstić information content (AvgIpc) is 2.49. The number of hydrogen-bond donors (Lipinski definition) is 4. The molecule has 0 heterocycles. The van der Waals surface area contributed by atoms with Crippen molar-refractivity contribution >= 4 is 11.9 Å². The zero-order chi connectivity index (χ0) is 17.7. The van der Waals surface area contributed by atoms with E-state index in [9.17, 15) is 9.59 Å². The van der Waals surface area contributed by atoms with Crippen LogP contribution in [0.15, 0.2) is 24.3 Å². The predicted molar refractivity (Wildman–Crippen MR) is 88.4 cm³/mol. The van der Waals surface area contributed by atoms with Gasteiger partial charge >= 0.3 is 11.9 Å². The smallest absolute Gasteiger partial charge is 0.320 e. The molecule has 130 valence electrons.